The Morgan fingerprint density at radius 1 is 1.21 bits per heavy atom. The van der Waals surface area contributed by atoms with Crippen LogP contribution in [-0.4, -0.2) is 36.0 Å². The van der Waals surface area contributed by atoms with Crippen molar-refractivity contribution in [3.63, 3.8) is 0 Å². The summed E-state index contributed by atoms with van der Waals surface area (Å²) in [6.07, 6.45) is 6.98. The van der Waals surface area contributed by atoms with Crippen molar-refractivity contribution < 1.29 is 9.84 Å². The van der Waals surface area contributed by atoms with E-state index in [0.717, 1.165) is 31.6 Å². The molecule has 114 valence electrons. The van der Waals surface area contributed by atoms with Gasteiger partial charge in [-0.1, -0.05) is 20.8 Å². The second-order valence-electron chi connectivity index (χ2n) is 6.52. The summed E-state index contributed by atoms with van der Waals surface area (Å²) >= 11 is 0. The highest BCUT2D eigenvalue weighted by molar-refractivity contribution is 4.81. The third-order valence-corrected chi connectivity index (χ3v) is 4.81. The van der Waals surface area contributed by atoms with Gasteiger partial charge in [-0.05, 0) is 51.4 Å². The van der Waals surface area contributed by atoms with Crippen molar-refractivity contribution in [2.75, 3.05) is 13.2 Å². The van der Waals surface area contributed by atoms with Gasteiger partial charge in [-0.3, -0.25) is 0 Å². The zero-order chi connectivity index (χ0) is 14.3. The van der Waals surface area contributed by atoms with E-state index in [1.165, 1.54) is 12.8 Å². The highest BCUT2D eigenvalue weighted by atomic mass is 16.5. The quantitative estimate of drug-likeness (QED) is 0.713. The molecular weight excluding hydrogens is 238 g/mol. The lowest BCUT2D eigenvalue weighted by Crippen LogP contribution is -2.46. The number of hydrogen-bond donors (Lipinski definition) is 2. The summed E-state index contributed by atoms with van der Waals surface area (Å²) in [4.78, 5) is 0. The van der Waals surface area contributed by atoms with E-state index < -0.39 is 6.10 Å². The Labute approximate surface area is 119 Å². The van der Waals surface area contributed by atoms with Gasteiger partial charge in [0.15, 0.2) is 0 Å². The molecule has 19 heavy (non-hydrogen) atoms. The number of ether oxygens (including phenoxy) is 1. The van der Waals surface area contributed by atoms with Crippen molar-refractivity contribution in [3.8, 4) is 0 Å². The molecule has 0 saturated heterocycles. The predicted molar refractivity (Wildman–Crippen MR) is 80.4 cm³/mol. The second kappa shape index (κ2) is 8.23. The fourth-order valence-electron chi connectivity index (χ4n) is 2.57. The largest absolute Gasteiger partial charge is 0.389 e. The SMILES string of the molecule is CCC(C)(CC)NCC(O)COC1CCC(C)CC1. The van der Waals surface area contributed by atoms with Gasteiger partial charge < -0.3 is 15.2 Å². The summed E-state index contributed by atoms with van der Waals surface area (Å²) in [5, 5.41) is 13.5. The minimum atomic E-state index is -0.392. The van der Waals surface area contributed by atoms with Gasteiger partial charge in [0, 0.05) is 12.1 Å². The van der Waals surface area contributed by atoms with Crippen molar-refractivity contribution in [2.24, 2.45) is 5.92 Å². The zero-order valence-corrected chi connectivity index (χ0v) is 13.2. The molecule has 0 aromatic rings. The van der Waals surface area contributed by atoms with Crippen LogP contribution >= 0.6 is 0 Å². The van der Waals surface area contributed by atoms with Crippen LogP contribution in [0.3, 0.4) is 0 Å². The molecule has 3 nitrogen and oxygen atoms in total. The van der Waals surface area contributed by atoms with Crippen molar-refractivity contribution >= 4 is 0 Å². The second-order valence-corrected chi connectivity index (χ2v) is 6.52. The number of hydrogen-bond acceptors (Lipinski definition) is 3. The van der Waals surface area contributed by atoms with Crippen LogP contribution in [0.2, 0.25) is 0 Å². The average molecular weight is 271 g/mol. The fourth-order valence-corrected chi connectivity index (χ4v) is 2.57. The van der Waals surface area contributed by atoms with E-state index >= 15 is 0 Å². The van der Waals surface area contributed by atoms with Crippen LogP contribution in [0.1, 0.15) is 66.2 Å². The van der Waals surface area contributed by atoms with Crippen LogP contribution in [0, 0.1) is 5.92 Å². The van der Waals surface area contributed by atoms with Crippen molar-refractivity contribution in [1.29, 1.82) is 0 Å². The molecule has 3 heteroatoms. The van der Waals surface area contributed by atoms with Crippen LogP contribution in [-0.2, 0) is 4.74 Å². The molecule has 1 saturated carbocycles. The van der Waals surface area contributed by atoms with Crippen molar-refractivity contribution in [2.45, 2.75) is 84.0 Å². The lowest BCUT2D eigenvalue weighted by Gasteiger charge is -2.30. The summed E-state index contributed by atoms with van der Waals surface area (Å²) in [6, 6.07) is 0. The molecule has 1 fully saturated rings. The van der Waals surface area contributed by atoms with Gasteiger partial charge in [0.05, 0.1) is 18.8 Å². The Morgan fingerprint density at radius 2 is 1.79 bits per heavy atom. The molecule has 1 atom stereocenters. The van der Waals surface area contributed by atoms with Crippen LogP contribution < -0.4 is 5.32 Å². The number of nitrogens with one attached hydrogen (secondary N) is 1. The first-order valence-corrected chi connectivity index (χ1v) is 8.03. The first kappa shape index (κ1) is 16.9. The van der Waals surface area contributed by atoms with E-state index in [1.54, 1.807) is 0 Å². The van der Waals surface area contributed by atoms with Crippen LogP contribution in [0.4, 0.5) is 0 Å². The van der Waals surface area contributed by atoms with E-state index in [0.29, 0.717) is 19.3 Å². The number of aliphatic hydroxyl groups excluding tert-OH is 1. The monoisotopic (exact) mass is 271 g/mol. The molecule has 0 heterocycles. The minimum absolute atomic E-state index is 0.140. The first-order chi connectivity index (χ1) is 8.99. The summed E-state index contributed by atoms with van der Waals surface area (Å²) in [7, 11) is 0. The van der Waals surface area contributed by atoms with E-state index in [4.69, 9.17) is 4.74 Å². The van der Waals surface area contributed by atoms with Gasteiger partial charge in [0.25, 0.3) is 0 Å². The van der Waals surface area contributed by atoms with Gasteiger partial charge in [0.1, 0.15) is 0 Å². The minimum Gasteiger partial charge on any atom is -0.389 e. The lowest BCUT2D eigenvalue weighted by atomic mass is 9.89. The standard InChI is InChI=1S/C16H33NO2/c1-5-16(4,6-2)17-11-14(18)12-19-15-9-7-13(3)8-10-15/h13-15,17-18H,5-12H2,1-4H3. The third-order valence-electron chi connectivity index (χ3n) is 4.81. The molecule has 1 rings (SSSR count). The highest BCUT2D eigenvalue weighted by Gasteiger charge is 2.22. The smallest absolute Gasteiger partial charge is 0.0898 e. The van der Waals surface area contributed by atoms with Gasteiger partial charge in [-0.2, -0.15) is 0 Å². The summed E-state index contributed by atoms with van der Waals surface area (Å²) in [5.41, 5.74) is 0.140. The molecule has 0 amide bonds. The maximum absolute atomic E-state index is 10.00. The molecule has 0 spiro atoms. The average Bonchev–Trinajstić information content (AvgIpc) is 2.44. The predicted octanol–water partition coefficient (Wildman–Crippen LogP) is 3.11. The van der Waals surface area contributed by atoms with Crippen molar-refractivity contribution in [3.05, 3.63) is 0 Å². The van der Waals surface area contributed by atoms with E-state index in [1.807, 2.05) is 0 Å². The molecule has 1 aliphatic rings. The Kier molecular flexibility index (Phi) is 7.33. The molecule has 0 radical (unpaired) electrons. The van der Waals surface area contributed by atoms with E-state index in [9.17, 15) is 5.11 Å². The van der Waals surface area contributed by atoms with Gasteiger partial charge in [-0.15, -0.1) is 0 Å². The molecule has 0 aromatic heterocycles. The normalized spacial score (nSPS) is 26.4. The maximum atomic E-state index is 10.00. The molecule has 1 unspecified atom stereocenters. The third kappa shape index (κ3) is 6.24. The highest BCUT2D eigenvalue weighted by Crippen LogP contribution is 2.25. The van der Waals surface area contributed by atoms with Crippen molar-refractivity contribution in [1.82, 2.24) is 5.32 Å². The van der Waals surface area contributed by atoms with Crippen LogP contribution in [0.15, 0.2) is 0 Å². The first-order valence-electron chi connectivity index (χ1n) is 8.03. The molecule has 0 bridgehead atoms. The van der Waals surface area contributed by atoms with Crippen LogP contribution in [0.5, 0.6) is 0 Å². The molecule has 1 aliphatic carbocycles. The summed E-state index contributed by atoms with van der Waals surface area (Å²) in [5.74, 6) is 0.848. The van der Waals surface area contributed by atoms with Crippen LogP contribution in [0.25, 0.3) is 0 Å². The van der Waals surface area contributed by atoms with Gasteiger partial charge >= 0.3 is 0 Å². The number of aliphatic hydroxyl groups is 1. The Hall–Kier alpha value is -0.120. The zero-order valence-electron chi connectivity index (χ0n) is 13.2. The van der Waals surface area contributed by atoms with Gasteiger partial charge in [-0.25, -0.2) is 0 Å². The summed E-state index contributed by atoms with van der Waals surface area (Å²) in [6.45, 7) is 9.98. The fraction of sp³-hybridized carbons (Fsp3) is 1.00. The van der Waals surface area contributed by atoms with E-state index in [-0.39, 0.29) is 5.54 Å². The molecule has 2 N–H and O–H groups in total. The Bertz CT molecular complexity index is 233. The number of β-amino-alcohol motifs (C(OH)–C–C–N with tert-alkyl or cyclic N) is 1. The maximum Gasteiger partial charge on any atom is 0.0898 e. The molecular formula is C16H33NO2. The molecule has 0 aromatic carbocycles. The Balaban J connectivity index is 2.15. The van der Waals surface area contributed by atoms with E-state index in [2.05, 4.69) is 33.0 Å². The topological polar surface area (TPSA) is 41.5 Å². The molecule has 0 aliphatic heterocycles. The van der Waals surface area contributed by atoms with Gasteiger partial charge in [0.2, 0.25) is 0 Å². The lowest BCUT2D eigenvalue weighted by molar-refractivity contribution is -0.0295. The number of rotatable bonds is 8. The Morgan fingerprint density at radius 3 is 2.32 bits per heavy atom. The summed E-state index contributed by atoms with van der Waals surface area (Å²) < 4.78 is 5.84.